The maximum Gasteiger partial charge on any atom is 0.151 e. The minimum atomic E-state index is 0.747. The van der Waals surface area contributed by atoms with Crippen molar-refractivity contribution < 1.29 is 0 Å². The van der Waals surface area contributed by atoms with Crippen molar-refractivity contribution in [3.05, 3.63) is 53.2 Å². The largest absolute Gasteiger partial charge is 0.396 e. The number of aromatic nitrogens is 1. The summed E-state index contributed by atoms with van der Waals surface area (Å²) in [6.07, 6.45) is 1.79. The smallest absolute Gasteiger partial charge is 0.151 e. The third-order valence-electron chi connectivity index (χ3n) is 3.84. The Hall–Kier alpha value is -1.78. The molecule has 0 spiro atoms. The second kappa shape index (κ2) is 6.33. The lowest BCUT2D eigenvalue weighted by Gasteiger charge is -2.35. The quantitative estimate of drug-likeness (QED) is 0.947. The molecule has 4 nitrogen and oxygen atoms in total. The molecule has 0 saturated carbocycles. The second-order valence-electron chi connectivity index (χ2n) is 5.27. The van der Waals surface area contributed by atoms with Crippen LogP contribution in [0.1, 0.15) is 5.56 Å². The van der Waals surface area contributed by atoms with E-state index >= 15 is 0 Å². The molecule has 2 aromatic rings. The molecule has 2 N–H and O–H groups in total. The number of halogens is 1. The van der Waals surface area contributed by atoms with Gasteiger partial charge in [-0.15, -0.1) is 0 Å². The minimum Gasteiger partial charge on any atom is -0.396 e. The molecule has 0 bridgehead atoms. The van der Waals surface area contributed by atoms with Gasteiger partial charge in [-0.3, -0.25) is 4.90 Å². The van der Waals surface area contributed by atoms with Gasteiger partial charge >= 0.3 is 0 Å². The van der Waals surface area contributed by atoms with E-state index in [2.05, 4.69) is 20.9 Å². The van der Waals surface area contributed by atoms with Crippen LogP contribution in [0.5, 0.6) is 0 Å². The second-order valence-corrected chi connectivity index (χ2v) is 5.68. The number of rotatable bonds is 3. The lowest BCUT2D eigenvalue weighted by molar-refractivity contribution is 0.249. The van der Waals surface area contributed by atoms with E-state index in [-0.39, 0.29) is 0 Å². The van der Waals surface area contributed by atoms with Crippen LogP contribution >= 0.6 is 11.6 Å². The van der Waals surface area contributed by atoms with Gasteiger partial charge in [0.15, 0.2) is 5.82 Å². The van der Waals surface area contributed by atoms with Crippen molar-refractivity contribution in [2.45, 2.75) is 6.54 Å². The molecule has 1 aliphatic rings. The molecular weight excluding hydrogens is 284 g/mol. The first-order chi connectivity index (χ1) is 10.2. The van der Waals surface area contributed by atoms with Gasteiger partial charge in [0, 0.05) is 43.9 Å². The summed E-state index contributed by atoms with van der Waals surface area (Å²) >= 11 is 6.23. The number of hydrogen-bond donors (Lipinski definition) is 1. The lowest BCUT2D eigenvalue weighted by atomic mass is 10.2. The first-order valence-electron chi connectivity index (χ1n) is 7.15. The average molecular weight is 303 g/mol. The van der Waals surface area contributed by atoms with Crippen LogP contribution in [-0.4, -0.2) is 36.1 Å². The summed E-state index contributed by atoms with van der Waals surface area (Å²) in [6, 6.07) is 11.8. The maximum absolute atomic E-state index is 6.23. The van der Waals surface area contributed by atoms with Crippen molar-refractivity contribution in [2.24, 2.45) is 0 Å². The number of pyridine rings is 1. The standard InChI is InChI=1S/C16H19ClN4/c17-14-5-2-1-4-13(14)12-20-8-10-21(11-9-20)16-15(18)6-3-7-19-16/h1-7H,8-12,18H2. The molecule has 1 aliphatic heterocycles. The first-order valence-corrected chi connectivity index (χ1v) is 7.53. The van der Waals surface area contributed by atoms with Crippen LogP contribution in [0.2, 0.25) is 5.02 Å². The average Bonchev–Trinajstić information content (AvgIpc) is 2.51. The Kier molecular flexibility index (Phi) is 4.27. The van der Waals surface area contributed by atoms with Crippen LogP contribution in [0.15, 0.2) is 42.6 Å². The molecule has 110 valence electrons. The SMILES string of the molecule is Nc1cccnc1N1CCN(Cc2ccccc2Cl)CC1. The van der Waals surface area contributed by atoms with Gasteiger partial charge in [-0.1, -0.05) is 29.8 Å². The number of nitrogen functional groups attached to an aromatic ring is 1. The van der Waals surface area contributed by atoms with Crippen LogP contribution in [-0.2, 0) is 6.54 Å². The van der Waals surface area contributed by atoms with E-state index in [9.17, 15) is 0 Å². The van der Waals surface area contributed by atoms with E-state index in [1.54, 1.807) is 6.20 Å². The Morgan fingerprint density at radius 3 is 2.52 bits per heavy atom. The number of benzene rings is 1. The van der Waals surface area contributed by atoms with Crippen LogP contribution in [0.4, 0.5) is 11.5 Å². The Balaban J connectivity index is 1.61. The fraction of sp³-hybridized carbons (Fsp3) is 0.312. The van der Waals surface area contributed by atoms with Gasteiger partial charge in [0.1, 0.15) is 0 Å². The number of nitrogens with zero attached hydrogens (tertiary/aromatic N) is 3. The van der Waals surface area contributed by atoms with Gasteiger partial charge in [-0.05, 0) is 23.8 Å². The summed E-state index contributed by atoms with van der Waals surface area (Å²) in [5, 5.41) is 0.842. The summed E-state index contributed by atoms with van der Waals surface area (Å²) in [5.74, 6) is 0.898. The van der Waals surface area contributed by atoms with Crippen molar-refractivity contribution in [3.8, 4) is 0 Å². The number of hydrogen-bond acceptors (Lipinski definition) is 4. The Labute approximate surface area is 130 Å². The van der Waals surface area contributed by atoms with Crippen LogP contribution in [0.3, 0.4) is 0 Å². The molecule has 3 rings (SSSR count). The molecule has 1 aromatic carbocycles. The predicted molar refractivity (Wildman–Crippen MR) is 87.6 cm³/mol. The fourth-order valence-corrected chi connectivity index (χ4v) is 2.85. The molecule has 2 heterocycles. The van der Waals surface area contributed by atoms with Crippen molar-refractivity contribution in [1.82, 2.24) is 9.88 Å². The highest BCUT2D eigenvalue weighted by atomic mass is 35.5. The van der Waals surface area contributed by atoms with Crippen molar-refractivity contribution >= 4 is 23.1 Å². The topological polar surface area (TPSA) is 45.4 Å². The molecule has 0 aliphatic carbocycles. The lowest BCUT2D eigenvalue weighted by Crippen LogP contribution is -2.46. The summed E-state index contributed by atoms with van der Waals surface area (Å²) in [5.41, 5.74) is 7.93. The Morgan fingerprint density at radius 2 is 1.81 bits per heavy atom. The van der Waals surface area contributed by atoms with Gasteiger partial charge < -0.3 is 10.6 Å². The molecule has 0 radical (unpaired) electrons. The first kappa shape index (κ1) is 14.2. The van der Waals surface area contributed by atoms with Crippen LogP contribution < -0.4 is 10.6 Å². The summed E-state index contributed by atoms with van der Waals surface area (Å²) < 4.78 is 0. The van der Waals surface area contributed by atoms with Crippen molar-refractivity contribution in [1.29, 1.82) is 0 Å². The van der Waals surface area contributed by atoms with Crippen LogP contribution in [0.25, 0.3) is 0 Å². The zero-order valence-electron chi connectivity index (χ0n) is 11.9. The van der Waals surface area contributed by atoms with E-state index in [0.717, 1.165) is 49.3 Å². The van der Waals surface area contributed by atoms with Gasteiger partial charge in [0.05, 0.1) is 5.69 Å². The van der Waals surface area contributed by atoms with Crippen LogP contribution in [0, 0.1) is 0 Å². The molecular formula is C16H19ClN4. The highest BCUT2D eigenvalue weighted by Crippen LogP contribution is 2.22. The maximum atomic E-state index is 6.23. The molecule has 0 amide bonds. The predicted octanol–water partition coefficient (Wildman–Crippen LogP) is 2.64. The zero-order chi connectivity index (χ0) is 14.7. The molecule has 5 heteroatoms. The summed E-state index contributed by atoms with van der Waals surface area (Å²) in [6.45, 7) is 4.74. The summed E-state index contributed by atoms with van der Waals surface area (Å²) in [4.78, 5) is 9.05. The molecule has 0 atom stereocenters. The normalized spacial score (nSPS) is 16.1. The molecule has 1 aromatic heterocycles. The van der Waals surface area contributed by atoms with E-state index in [1.807, 2.05) is 30.3 Å². The third-order valence-corrected chi connectivity index (χ3v) is 4.21. The highest BCUT2D eigenvalue weighted by molar-refractivity contribution is 6.31. The van der Waals surface area contributed by atoms with Gasteiger partial charge in [0.2, 0.25) is 0 Å². The number of piperazine rings is 1. The van der Waals surface area contributed by atoms with E-state index in [4.69, 9.17) is 17.3 Å². The van der Waals surface area contributed by atoms with E-state index < -0.39 is 0 Å². The van der Waals surface area contributed by atoms with Crippen molar-refractivity contribution in [3.63, 3.8) is 0 Å². The monoisotopic (exact) mass is 302 g/mol. The van der Waals surface area contributed by atoms with Crippen molar-refractivity contribution in [2.75, 3.05) is 36.8 Å². The minimum absolute atomic E-state index is 0.747. The zero-order valence-corrected chi connectivity index (χ0v) is 12.6. The Bertz CT molecular complexity index is 609. The molecule has 1 saturated heterocycles. The highest BCUT2D eigenvalue weighted by Gasteiger charge is 2.19. The number of nitrogens with two attached hydrogens (primary N) is 1. The molecule has 1 fully saturated rings. The van der Waals surface area contributed by atoms with E-state index in [0.29, 0.717) is 0 Å². The molecule has 0 unspecified atom stereocenters. The summed E-state index contributed by atoms with van der Waals surface area (Å²) in [7, 11) is 0. The van der Waals surface area contributed by atoms with Gasteiger partial charge in [-0.2, -0.15) is 0 Å². The van der Waals surface area contributed by atoms with E-state index in [1.165, 1.54) is 5.56 Å². The van der Waals surface area contributed by atoms with Gasteiger partial charge in [-0.25, -0.2) is 4.98 Å². The molecule has 21 heavy (non-hydrogen) atoms. The fourth-order valence-electron chi connectivity index (χ4n) is 2.66. The van der Waals surface area contributed by atoms with Gasteiger partial charge in [0.25, 0.3) is 0 Å². The third kappa shape index (κ3) is 3.28. The number of anilines is 2. The Morgan fingerprint density at radius 1 is 1.05 bits per heavy atom.